The molecule has 1 atom stereocenters. The van der Waals surface area contributed by atoms with E-state index in [1.165, 1.54) is 7.11 Å². The van der Waals surface area contributed by atoms with Crippen molar-refractivity contribution in [1.82, 2.24) is 24.6 Å². The second kappa shape index (κ2) is 10.4. The lowest BCUT2D eigenvalue weighted by molar-refractivity contribution is 0.0158. The first kappa shape index (κ1) is 27.2. The lowest BCUT2D eigenvalue weighted by Crippen LogP contribution is -2.46. The summed E-state index contributed by atoms with van der Waals surface area (Å²) in [5.41, 5.74) is 3.08. The minimum absolute atomic E-state index is 0.0247. The average Bonchev–Trinajstić information content (AvgIpc) is 3.49. The molecule has 1 saturated heterocycles. The fraction of sp³-hybridized carbons (Fsp3) is 0.467. The van der Waals surface area contributed by atoms with E-state index in [-0.39, 0.29) is 36.2 Å². The Balaban J connectivity index is 1.26. The van der Waals surface area contributed by atoms with E-state index < -0.39 is 11.4 Å². The molecule has 10 nitrogen and oxygen atoms in total. The number of hydrogen-bond acceptors (Lipinski definition) is 8. The molecular weight excluding hydrogens is 527 g/mol. The summed E-state index contributed by atoms with van der Waals surface area (Å²) in [6, 6.07) is 8.13. The monoisotopic (exact) mass is 562 g/mol. The van der Waals surface area contributed by atoms with Crippen molar-refractivity contribution in [2.45, 2.75) is 57.7 Å². The quantitative estimate of drug-likeness (QED) is 0.281. The summed E-state index contributed by atoms with van der Waals surface area (Å²) in [5.74, 6) is -0.542. The van der Waals surface area contributed by atoms with Gasteiger partial charge in [0.1, 0.15) is 11.1 Å². The summed E-state index contributed by atoms with van der Waals surface area (Å²) in [6.45, 7) is 7.16. The molecule has 0 radical (unpaired) electrons. The zero-order valence-corrected chi connectivity index (χ0v) is 24.1. The Bertz CT molecular complexity index is 1610. The lowest BCUT2D eigenvalue weighted by Gasteiger charge is -2.32. The Kier molecular flexibility index (Phi) is 6.93. The summed E-state index contributed by atoms with van der Waals surface area (Å²) in [6.07, 6.45) is 6.09. The van der Waals surface area contributed by atoms with Crippen LogP contribution in [0.1, 0.15) is 40.0 Å². The highest BCUT2D eigenvalue weighted by atomic mass is 19.1. The van der Waals surface area contributed by atoms with E-state index in [0.717, 1.165) is 43.6 Å². The highest BCUT2D eigenvalue weighted by Gasteiger charge is 2.42. The number of fused-ring (bicyclic) bond motifs is 2. The molecule has 1 unspecified atom stereocenters. The summed E-state index contributed by atoms with van der Waals surface area (Å²) in [5, 5.41) is 4.86. The molecule has 1 saturated carbocycles. The fourth-order valence-corrected chi connectivity index (χ4v) is 5.47. The first-order valence-electron chi connectivity index (χ1n) is 13.9. The first-order chi connectivity index (χ1) is 19.6. The molecule has 2 aromatic heterocycles. The van der Waals surface area contributed by atoms with Crippen LogP contribution < -0.4 is 9.64 Å². The van der Waals surface area contributed by atoms with Gasteiger partial charge in [-0.05, 0) is 64.3 Å². The number of nitrogens with zero attached hydrogens (tertiary/aromatic N) is 6. The van der Waals surface area contributed by atoms with E-state index in [0.29, 0.717) is 22.2 Å². The van der Waals surface area contributed by atoms with Crippen molar-refractivity contribution >= 4 is 33.7 Å². The number of halogens is 1. The van der Waals surface area contributed by atoms with Crippen molar-refractivity contribution < 1.29 is 23.4 Å². The number of ether oxygens (including phenoxy) is 3. The van der Waals surface area contributed by atoms with Crippen LogP contribution in [0.2, 0.25) is 0 Å². The van der Waals surface area contributed by atoms with E-state index in [1.807, 2.05) is 43.9 Å². The molecule has 11 heteroatoms. The molecule has 41 heavy (non-hydrogen) atoms. The number of aromatic nitrogens is 4. The van der Waals surface area contributed by atoms with Gasteiger partial charge in [-0.15, -0.1) is 0 Å². The van der Waals surface area contributed by atoms with Gasteiger partial charge in [0.15, 0.2) is 18.4 Å². The molecule has 0 N–H and O–H groups in total. The van der Waals surface area contributed by atoms with Gasteiger partial charge < -0.3 is 24.0 Å². The largest absolute Gasteiger partial charge is 0.464 e. The van der Waals surface area contributed by atoms with Crippen molar-refractivity contribution in [2.75, 3.05) is 31.9 Å². The van der Waals surface area contributed by atoms with Crippen LogP contribution in [0.25, 0.3) is 33.2 Å². The SMILES string of the molecule is COCOc1c(-c2cnc3cc(N4CCC(N(C(=O)OC(C)(C)C)C5CC5)C4)ccc3n2)cc2cn(C)nc2c1F. The normalized spacial score (nSPS) is 17.4. The third-order valence-corrected chi connectivity index (χ3v) is 7.40. The minimum atomic E-state index is -0.567. The van der Waals surface area contributed by atoms with Crippen molar-refractivity contribution in [3.05, 3.63) is 42.5 Å². The van der Waals surface area contributed by atoms with Crippen molar-refractivity contribution in [3.63, 3.8) is 0 Å². The maximum absolute atomic E-state index is 15.4. The van der Waals surface area contributed by atoms with Gasteiger partial charge >= 0.3 is 6.09 Å². The zero-order valence-electron chi connectivity index (χ0n) is 24.1. The molecule has 0 spiro atoms. The highest BCUT2D eigenvalue weighted by molar-refractivity contribution is 5.89. The van der Waals surface area contributed by atoms with Crippen LogP contribution in [-0.4, -0.2) is 75.4 Å². The minimum Gasteiger partial charge on any atom is -0.464 e. The standard InChI is InChI=1S/C30H35FN6O4/c1-30(2,3)41-29(38)37(19-6-7-19)21-10-11-36(16-21)20-8-9-23-24(13-20)32-14-25(33-23)22-12-18-15-35(4)34-27(18)26(31)28(22)40-17-39-5/h8-9,12-15,19,21H,6-7,10-11,16-17H2,1-5H3. The number of anilines is 1. The predicted octanol–water partition coefficient (Wildman–Crippen LogP) is 5.28. The molecular formula is C30H35FN6O4. The molecule has 2 fully saturated rings. The number of aryl methyl sites for hydroxylation is 1. The lowest BCUT2D eigenvalue weighted by atomic mass is 10.1. The van der Waals surface area contributed by atoms with Crippen LogP contribution in [0.15, 0.2) is 36.7 Å². The van der Waals surface area contributed by atoms with Gasteiger partial charge in [0, 0.05) is 56.1 Å². The van der Waals surface area contributed by atoms with Crippen LogP contribution in [0.4, 0.5) is 14.9 Å². The average molecular weight is 563 g/mol. The van der Waals surface area contributed by atoms with Crippen LogP contribution in [0.3, 0.4) is 0 Å². The number of carbonyl (C=O) groups excluding carboxylic acids is 1. The van der Waals surface area contributed by atoms with Gasteiger partial charge in [0.2, 0.25) is 0 Å². The highest BCUT2D eigenvalue weighted by Crippen LogP contribution is 2.38. The molecule has 1 amide bonds. The summed E-state index contributed by atoms with van der Waals surface area (Å²) >= 11 is 0. The number of benzene rings is 2. The Labute approximate surface area is 238 Å². The van der Waals surface area contributed by atoms with Crippen LogP contribution in [0, 0.1) is 5.82 Å². The van der Waals surface area contributed by atoms with Crippen molar-refractivity contribution in [3.8, 4) is 17.0 Å². The van der Waals surface area contributed by atoms with Crippen LogP contribution >= 0.6 is 0 Å². The number of hydrogen-bond donors (Lipinski definition) is 0. The number of amides is 1. The molecule has 4 aromatic rings. The van der Waals surface area contributed by atoms with Crippen molar-refractivity contribution in [2.24, 2.45) is 7.05 Å². The Morgan fingerprint density at radius 1 is 1.15 bits per heavy atom. The predicted molar refractivity (Wildman–Crippen MR) is 153 cm³/mol. The van der Waals surface area contributed by atoms with Gasteiger partial charge in [-0.1, -0.05) is 0 Å². The Morgan fingerprint density at radius 2 is 1.95 bits per heavy atom. The molecule has 1 aliphatic heterocycles. The van der Waals surface area contributed by atoms with Gasteiger partial charge in [-0.3, -0.25) is 9.67 Å². The smallest absolute Gasteiger partial charge is 0.410 e. The van der Waals surface area contributed by atoms with Crippen LogP contribution in [0.5, 0.6) is 5.75 Å². The maximum Gasteiger partial charge on any atom is 0.410 e. The molecule has 216 valence electrons. The Hall–Kier alpha value is -3.99. The van der Waals surface area contributed by atoms with Gasteiger partial charge in [-0.2, -0.15) is 5.10 Å². The molecule has 2 aliphatic rings. The van der Waals surface area contributed by atoms with Crippen molar-refractivity contribution in [1.29, 1.82) is 0 Å². The van der Waals surface area contributed by atoms with Crippen LogP contribution in [-0.2, 0) is 16.5 Å². The molecule has 6 rings (SSSR count). The molecule has 2 aromatic carbocycles. The van der Waals surface area contributed by atoms with E-state index >= 15 is 4.39 Å². The second-order valence-electron chi connectivity index (χ2n) is 11.8. The molecule has 0 bridgehead atoms. The van der Waals surface area contributed by atoms with E-state index in [2.05, 4.69) is 15.0 Å². The van der Waals surface area contributed by atoms with E-state index in [9.17, 15) is 4.79 Å². The number of methoxy groups -OCH3 is 1. The van der Waals surface area contributed by atoms with E-state index in [1.54, 1.807) is 30.2 Å². The number of rotatable bonds is 7. The first-order valence-corrected chi connectivity index (χ1v) is 13.9. The zero-order chi connectivity index (χ0) is 28.9. The van der Waals surface area contributed by atoms with Gasteiger partial charge in [0.25, 0.3) is 0 Å². The summed E-state index contributed by atoms with van der Waals surface area (Å²) < 4.78 is 33.4. The summed E-state index contributed by atoms with van der Waals surface area (Å²) in [7, 11) is 3.22. The third kappa shape index (κ3) is 5.50. The third-order valence-electron chi connectivity index (χ3n) is 7.40. The van der Waals surface area contributed by atoms with E-state index in [4.69, 9.17) is 19.2 Å². The topological polar surface area (TPSA) is 94.8 Å². The molecule has 3 heterocycles. The second-order valence-corrected chi connectivity index (χ2v) is 11.8. The fourth-order valence-electron chi connectivity index (χ4n) is 5.47. The maximum atomic E-state index is 15.4. The van der Waals surface area contributed by atoms with Gasteiger partial charge in [0.05, 0.1) is 29.0 Å². The van der Waals surface area contributed by atoms with Gasteiger partial charge in [-0.25, -0.2) is 14.2 Å². The molecule has 1 aliphatic carbocycles. The Morgan fingerprint density at radius 3 is 2.68 bits per heavy atom. The summed E-state index contributed by atoms with van der Waals surface area (Å²) in [4.78, 5) is 26.7. The number of carbonyl (C=O) groups is 1.